The van der Waals surface area contributed by atoms with Crippen LogP contribution in [0.25, 0.3) is 22.6 Å². The predicted octanol–water partition coefficient (Wildman–Crippen LogP) is 4.31. The van der Waals surface area contributed by atoms with E-state index in [1.54, 1.807) is 54.6 Å². The van der Waals surface area contributed by atoms with Crippen LogP contribution < -0.4 is 15.6 Å². The van der Waals surface area contributed by atoms with E-state index in [-0.39, 0.29) is 29.5 Å². The van der Waals surface area contributed by atoms with Crippen molar-refractivity contribution in [1.82, 2.24) is 9.97 Å². The third-order valence-corrected chi connectivity index (χ3v) is 4.87. The topological polar surface area (TPSA) is 108 Å². The number of nitrogens with zero attached hydrogens (tertiary/aromatic N) is 2. The van der Waals surface area contributed by atoms with Crippen LogP contribution in [-0.2, 0) is 4.79 Å². The summed E-state index contributed by atoms with van der Waals surface area (Å²) in [5, 5.41) is 13.0. The number of benzene rings is 3. The Balaban J connectivity index is 1.59. The van der Waals surface area contributed by atoms with Crippen molar-refractivity contribution in [1.29, 1.82) is 5.26 Å². The van der Waals surface area contributed by atoms with Gasteiger partial charge in [0.25, 0.3) is 11.5 Å². The quantitative estimate of drug-likeness (QED) is 0.438. The minimum atomic E-state index is -0.321. The molecular weight excluding hydrogens is 416 g/mol. The molecule has 7 heteroatoms. The summed E-state index contributed by atoms with van der Waals surface area (Å²) in [5.74, 6) is 0.279. The van der Waals surface area contributed by atoms with Crippen molar-refractivity contribution in [3.8, 4) is 11.8 Å². The summed E-state index contributed by atoms with van der Waals surface area (Å²) in [6.07, 6.45) is 1.57. The molecule has 0 unspecified atom stereocenters. The maximum Gasteiger partial charge on any atom is 0.262 e. The molecule has 7 nitrogen and oxygen atoms in total. The van der Waals surface area contributed by atoms with Gasteiger partial charge in [0, 0.05) is 11.3 Å². The normalized spacial score (nSPS) is 11.1. The number of rotatable bonds is 6. The van der Waals surface area contributed by atoms with Gasteiger partial charge in [-0.3, -0.25) is 9.59 Å². The van der Waals surface area contributed by atoms with Gasteiger partial charge in [-0.2, -0.15) is 5.26 Å². The Morgan fingerprint density at radius 2 is 1.88 bits per heavy atom. The van der Waals surface area contributed by atoms with Crippen LogP contribution in [0, 0.1) is 18.3 Å². The molecule has 0 aliphatic carbocycles. The van der Waals surface area contributed by atoms with Gasteiger partial charge < -0.3 is 15.0 Å². The molecule has 0 saturated heterocycles. The van der Waals surface area contributed by atoms with Gasteiger partial charge in [0.2, 0.25) is 0 Å². The average Bonchev–Trinajstić information content (AvgIpc) is 2.82. The first kappa shape index (κ1) is 21.5. The Bertz CT molecular complexity index is 1450. The second kappa shape index (κ2) is 9.62. The van der Waals surface area contributed by atoms with Gasteiger partial charge in [0.15, 0.2) is 12.4 Å². The maximum atomic E-state index is 12.5. The second-order valence-corrected chi connectivity index (χ2v) is 7.35. The van der Waals surface area contributed by atoms with Crippen LogP contribution in [0.5, 0.6) is 5.75 Å². The number of para-hydroxylation sites is 2. The Labute approximate surface area is 190 Å². The van der Waals surface area contributed by atoms with Crippen molar-refractivity contribution in [2.24, 2.45) is 0 Å². The van der Waals surface area contributed by atoms with Crippen molar-refractivity contribution in [3.63, 3.8) is 0 Å². The number of amides is 1. The zero-order valence-corrected chi connectivity index (χ0v) is 17.8. The monoisotopic (exact) mass is 436 g/mol. The van der Waals surface area contributed by atoms with Crippen molar-refractivity contribution >= 4 is 34.1 Å². The van der Waals surface area contributed by atoms with E-state index in [4.69, 9.17) is 4.74 Å². The van der Waals surface area contributed by atoms with Gasteiger partial charge >= 0.3 is 0 Å². The molecule has 3 aromatic carbocycles. The lowest BCUT2D eigenvalue weighted by Crippen LogP contribution is -2.20. The first-order valence-electron chi connectivity index (χ1n) is 10.2. The molecule has 0 fully saturated rings. The Morgan fingerprint density at radius 3 is 2.67 bits per heavy atom. The highest BCUT2D eigenvalue weighted by atomic mass is 16.5. The van der Waals surface area contributed by atoms with Crippen LogP contribution in [-0.4, -0.2) is 22.5 Å². The molecule has 1 amide bonds. The lowest BCUT2D eigenvalue weighted by molar-refractivity contribution is -0.118. The maximum absolute atomic E-state index is 12.5. The molecule has 4 rings (SSSR count). The largest absolute Gasteiger partial charge is 0.483 e. The van der Waals surface area contributed by atoms with E-state index in [0.717, 1.165) is 5.56 Å². The lowest BCUT2D eigenvalue weighted by atomic mass is 10.1. The summed E-state index contributed by atoms with van der Waals surface area (Å²) >= 11 is 0. The number of hydrogen-bond acceptors (Lipinski definition) is 5. The fraction of sp³-hybridized carbons (Fsp3) is 0.0769. The van der Waals surface area contributed by atoms with Crippen LogP contribution in [0.4, 0.5) is 5.69 Å². The number of fused-ring (bicyclic) bond motifs is 1. The Morgan fingerprint density at radius 1 is 1.12 bits per heavy atom. The predicted molar refractivity (Wildman–Crippen MR) is 128 cm³/mol. The molecule has 33 heavy (non-hydrogen) atoms. The first-order chi connectivity index (χ1) is 16.0. The number of H-pyrrole nitrogens is 1. The Hall–Kier alpha value is -4.70. The minimum absolute atomic E-state index is 0.164. The lowest BCUT2D eigenvalue weighted by Gasteiger charge is -2.10. The summed E-state index contributed by atoms with van der Waals surface area (Å²) in [7, 11) is 0. The molecule has 2 N–H and O–H groups in total. The molecule has 4 aromatic rings. The van der Waals surface area contributed by atoms with Gasteiger partial charge in [-0.05, 0) is 48.9 Å². The van der Waals surface area contributed by atoms with E-state index in [9.17, 15) is 14.9 Å². The average molecular weight is 436 g/mol. The van der Waals surface area contributed by atoms with Crippen molar-refractivity contribution in [2.75, 3.05) is 11.9 Å². The fourth-order valence-electron chi connectivity index (χ4n) is 3.28. The number of anilines is 1. The summed E-state index contributed by atoms with van der Waals surface area (Å²) in [6.45, 7) is 1.70. The standard InChI is InChI=1S/C26H20N4O3/c1-17-11-12-21-22(13-17)29-25(30-26(21)32)19(15-27)14-18-7-5-6-10-23(18)33-16-24(31)28-20-8-3-2-4-9-20/h2-14H,16H2,1H3,(H,28,31)(H,29,30,32)/b19-14+. The number of carbonyl (C=O) groups excluding carboxylic acids is 1. The van der Waals surface area contributed by atoms with Crippen molar-refractivity contribution in [3.05, 3.63) is 100 Å². The highest BCUT2D eigenvalue weighted by molar-refractivity contribution is 5.92. The van der Waals surface area contributed by atoms with Crippen LogP contribution in [0.15, 0.2) is 77.6 Å². The van der Waals surface area contributed by atoms with Crippen molar-refractivity contribution in [2.45, 2.75) is 6.92 Å². The molecular formula is C26H20N4O3. The van der Waals surface area contributed by atoms with Gasteiger partial charge in [0.05, 0.1) is 16.5 Å². The first-order valence-corrected chi connectivity index (χ1v) is 10.2. The summed E-state index contributed by atoms with van der Waals surface area (Å²) < 4.78 is 5.70. The Kier molecular flexibility index (Phi) is 6.28. The third-order valence-electron chi connectivity index (χ3n) is 4.87. The number of nitriles is 1. The van der Waals surface area contributed by atoms with E-state index in [2.05, 4.69) is 21.4 Å². The number of ether oxygens (including phenoxy) is 1. The van der Waals surface area contributed by atoms with E-state index in [0.29, 0.717) is 27.9 Å². The molecule has 0 spiro atoms. The number of carbonyl (C=O) groups is 1. The molecule has 1 aromatic heterocycles. The van der Waals surface area contributed by atoms with Gasteiger partial charge in [-0.15, -0.1) is 0 Å². The molecule has 0 radical (unpaired) electrons. The van der Waals surface area contributed by atoms with Gasteiger partial charge in [-0.1, -0.05) is 42.5 Å². The zero-order chi connectivity index (χ0) is 23.2. The smallest absolute Gasteiger partial charge is 0.262 e. The number of hydrogen-bond donors (Lipinski definition) is 2. The van der Waals surface area contributed by atoms with Crippen LogP contribution >= 0.6 is 0 Å². The van der Waals surface area contributed by atoms with Crippen molar-refractivity contribution < 1.29 is 9.53 Å². The highest BCUT2D eigenvalue weighted by Crippen LogP contribution is 2.24. The van der Waals surface area contributed by atoms with E-state index >= 15 is 0 Å². The molecule has 0 saturated carbocycles. The SMILES string of the molecule is Cc1ccc2c(=O)[nH]c(/C(C#N)=C/c3ccccc3OCC(=O)Nc3ccccc3)nc2c1. The molecule has 0 aliphatic rings. The number of nitrogens with one attached hydrogen (secondary N) is 2. The molecule has 0 bridgehead atoms. The zero-order valence-electron chi connectivity index (χ0n) is 17.8. The number of aromatic nitrogens is 2. The van der Waals surface area contributed by atoms with E-state index in [1.807, 2.05) is 31.2 Å². The summed E-state index contributed by atoms with van der Waals surface area (Å²) in [6, 6.07) is 23.5. The molecule has 0 atom stereocenters. The molecule has 162 valence electrons. The molecule has 0 aliphatic heterocycles. The third kappa shape index (κ3) is 5.14. The van der Waals surface area contributed by atoms with Crippen LogP contribution in [0.3, 0.4) is 0 Å². The van der Waals surface area contributed by atoms with Gasteiger partial charge in [0.1, 0.15) is 11.8 Å². The van der Waals surface area contributed by atoms with Crippen LogP contribution in [0.2, 0.25) is 0 Å². The number of allylic oxidation sites excluding steroid dienone is 1. The highest BCUT2D eigenvalue weighted by Gasteiger charge is 2.11. The van der Waals surface area contributed by atoms with Gasteiger partial charge in [-0.25, -0.2) is 4.98 Å². The number of aromatic amines is 1. The fourth-order valence-corrected chi connectivity index (χ4v) is 3.28. The minimum Gasteiger partial charge on any atom is -0.483 e. The second-order valence-electron chi connectivity index (χ2n) is 7.35. The summed E-state index contributed by atoms with van der Waals surface area (Å²) in [4.78, 5) is 31.8. The number of aryl methyl sites for hydroxylation is 1. The van der Waals surface area contributed by atoms with E-state index < -0.39 is 0 Å². The molecule has 1 heterocycles. The van der Waals surface area contributed by atoms with Crippen LogP contribution in [0.1, 0.15) is 17.0 Å². The van der Waals surface area contributed by atoms with E-state index in [1.165, 1.54) is 0 Å². The summed E-state index contributed by atoms with van der Waals surface area (Å²) in [5.41, 5.74) is 2.57.